The summed E-state index contributed by atoms with van der Waals surface area (Å²) in [5, 5.41) is 17.9. The van der Waals surface area contributed by atoms with Crippen molar-refractivity contribution in [2.75, 3.05) is 0 Å². The zero-order valence-corrected chi connectivity index (χ0v) is 12.4. The molecule has 0 aromatic carbocycles. The van der Waals surface area contributed by atoms with Crippen LogP contribution in [-0.2, 0) is 4.79 Å². The second-order valence-corrected chi connectivity index (χ2v) is 5.23. The molecule has 3 heteroatoms. The first kappa shape index (κ1) is 18.0. The highest BCUT2D eigenvalue weighted by Crippen LogP contribution is 2.12. The van der Waals surface area contributed by atoms with E-state index in [-0.39, 0.29) is 12.2 Å². The normalized spacial score (nSPS) is 11.7. The maximum atomic E-state index is 10.3. The van der Waals surface area contributed by atoms with Crippen LogP contribution in [0.1, 0.15) is 84.0 Å². The molecule has 0 radical (unpaired) electrons. The second-order valence-electron chi connectivity index (χ2n) is 5.23. The molecule has 0 rings (SSSR count). The number of unbranched alkanes of at least 4 members (excludes halogenated alkanes) is 9. The summed E-state index contributed by atoms with van der Waals surface area (Å²) in [5.41, 5.74) is 0. The maximum absolute atomic E-state index is 10.3. The minimum Gasteiger partial charge on any atom is -0.513 e. The van der Waals surface area contributed by atoms with Crippen molar-refractivity contribution in [1.29, 1.82) is 0 Å². The van der Waals surface area contributed by atoms with Gasteiger partial charge in [0.25, 0.3) is 0 Å². The highest BCUT2D eigenvalue weighted by atomic mass is 16.4. The van der Waals surface area contributed by atoms with Gasteiger partial charge >= 0.3 is 5.97 Å². The molecule has 112 valence electrons. The number of hydrogen-bond donors (Lipinski definition) is 2. The summed E-state index contributed by atoms with van der Waals surface area (Å²) < 4.78 is 0. The van der Waals surface area contributed by atoms with Gasteiger partial charge in [0.05, 0.1) is 12.2 Å². The summed E-state index contributed by atoms with van der Waals surface area (Å²) in [4.78, 5) is 10.3. The van der Waals surface area contributed by atoms with Crippen molar-refractivity contribution in [3.63, 3.8) is 0 Å². The Bertz CT molecular complexity index is 246. The van der Waals surface area contributed by atoms with Gasteiger partial charge in [0.15, 0.2) is 0 Å². The Morgan fingerprint density at radius 2 is 1.32 bits per heavy atom. The van der Waals surface area contributed by atoms with Crippen molar-refractivity contribution < 1.29 is 15.0 Å². The maximum Gasteiger partial charge on any atom is 0.307 e. The molecule has 0 aromatic rings. The smallest absolute Gasteiger partial charge is 0.307 e. The van der Waals surface area contributed by atoms with Crippen molar-refractivity contribution in [1.82, 2.24) is 0 Å². The molecule has 0 heterocycles. The monoisotopic (exact) mass is 270 g/mol. The van der Waals surface area contributed by atoms with Crippen LogP contribution in [0.2, 0.25) is 0 Å². The molecule has 0 unspecified atom stereocenters. The number of aliphatic hydroxyl groups is 1. The number of hydrogen-bond acceptors (Lipinski definition) is 2. The van der Waals surface area contributed by atoms with Crippen molar-refractivity contribution in [2.45, 2.75) is 84.0 Å². The van der Waals surface area contributed by atoms with Crippen LogP contribution in [0.3, 0.4) is 0 Å². The van der Waals surface area contributed by atoms with Gasteiger partial charge < -0.3 is 10.2 Å². The van der Waals surface area contributed by atoms with E-state index in [1.807, 2.05) is 0 Å². The third kappa shape index (κ3) is 15.0. The van der Waals surface area contributed by atoms with Crippen LogP contribution < -0.4 is 0 Å². The van der Waals surface area contributed by atoms with E-state index in [1.54, 1.807) is 0 Å². The molecule has 0 atom stereocenters. The highest BCUT2D eigenvalue weighted by molar-refractivity contribution is 5.68. The molecule has 0 aromatic heterocycles. The lowest BCUT2D eigenvalue weighted by atomic mass is 10.1. The molecular formula is C16H30O3. The molecule has 0 aliphatic rings. The number of aliphatic carboxylic acids is 1. The molecule has 0 aliphatic heterocycles. The van der Waals surface area contributed by atoms with Crippen LogP contribution in [0.15, 0.2) is 11.8 Å². The zero-order chi connectivity index (χ0) is 14.3. The van der Waals surface area contributed by atoms with Crippen molar-refractivity contribution >= 4 is 5.97 Å². The van der Waals surface area contributed by atoms with Crippen molar-refractivity contribution in [3.05, 3.63) is 11.8 Å². The SMILES string of the molecule is CCCCCCCCCCCCC(O)=CCC(=O)O. The summed E-state index contributed by atoms with van der Waals surface area (Å²) in [6, 6.07) is 0. The minimum atomic E-state index is -0.894. The number of carbonyl (C=O) groups is 1. The number of carboxylic acid groups (broad SMARTS) is 1. The lowest BCUT2D eigenvalue weighted by molar-refractivity contribution is -0.136. The van der Waals surface area contributed by atoms with Crippen LogP contribution in [0.5, 0.6) is 0 Å². The summed E-state index contributed by atoms with van der Waals surface area (Å²) in [5.74, 6) is -0.670. The summed E-state index contributed by atoms with van der Waals surface area (Å²) in [7, 11) is 0. The predicted molar refractivity (Wildman–Crippen MR) is 79.4 cm³/mol. The average Bonchev–Trinajstić information content (AvgIpc) is 2.38. The standard InChI is InChI=1S/C16H30O3/c1-2-3-4-5-6-7-8-9-10-11-12-15(17)13-14-16(18)19/h13,17H,2-12,14H2,1H3,(H,18,19). The van der Waals surface area contributed by atoms with Gasteiger partial charge in [0.1, 0.15) is 0 Å². The van der Waals surface area contributed by atoms with Crippen LogP contribution in [0.25, 0.3) is 0 Å². The van der Waals surface area contributed by atoms with Crippen molar-refractivity contribution in [2.24, 2.45) is 0 Å². The molecule has 0 spiro atoms. The molecule has 0 saturated carbocycles. The van der Waals surface area contributed by atoms with E-state index < -0.39 is 5.97 Å². The Labute approximate surface area is 117 Å². The number of aliphatic hydroxyl groups excluding tert-OH is 1. The first-order chi connectivity index (χ1) is 9.16. The third-order valence-electron chi connectivity index (χ3n) is 3.30. The van der Waals surface area contributed by atoms with Gasteiger partial charge in [-0.25, -0.2) is 0 Å². The van der Waals surface area contributed by atoms with Gasteiger partial charge in [0, 0.05) is 6.42 Å². The molecule has 0 amide bonds. The minimum absolute atomic E-state index is 0.0798. The molecule has 19 heavy (non-hydrogen) atoms. The molecule has 2 N–H and O–H groups in total. The molecule has 3 nitrogen and oxygen atoms in total. The third-order valence-corrected chi connectivity index (χ3v) is 3.30. The van der Waals surface area contributed by atoms with E-state index in [2.05, 4.69) is 6.92 Å². The van der Waals surface area contributed by atoms with E-state index in [0.717, 1.165) is 12.8 Å². The van der Waals surface area contributed by atoms with Crippen LogP contribution in [-0.4, -0.2) is 16.2 Å². The molecule has 0 fully saturated rings. The highest BCUT2D eigenvalue weighted by Gasteiger charge is 1.97. The summed E-state index contributed by atoms with van der Waals surface area (Å²) in [6.07, 6.45) is 14.6. The Morgan fingerprint density at radius 3 is 1.79 bits per heavy atom. The van der Waals surface area contributed by atoms with Gasteiger partial charge in [-0.1, -0.05) is 64.7 Å². The topological polar surface area (TPSA) is 57.5 Å². The van der Waals surface area contributed by atoms with E-state index in [9.17, 15) is 9.90 Å². The first-order valence-electron chi connectivity index (χ1n) is 7.76. The quantitative estimate of drug-likeness (QED) is 0.356. The molecule has 0 bridgehead atoms. The Balaban J connectivity index is 3.22. The van der Waals surface area contributed by atoms with E-state index in [0.29, 0.717) is 6.42 Å². The Kier molecular flexibility index (Phi) is 12.7. The van der Waals surface area contributed by atoms with E-state index in [1.165, 1.54) is 57.4 Å². The number of allylic oxidation sites excluding steroid dienone is 1. The summed E-state index contributed by atoms with van der Waals surface area (Å²) in [6.45, 7) is 2.24. The van der Waals surface area contributed by atoms with Gasteiger partial charge in [-0.15, -0.1) is 0 Å². The van der Waals surface area contributed by atoms with Gasteiger partial charge in [-0.2, -0.15) is 0 Å². The number of rotatable bonds is 13. The zero-order valence-electron chi connectivity index (χ0n) is 12.4. The van der Waals surface area contributed by atoms with Gasteiger partial charge in [-0.3, -0.25) is 4.79 Å². The van der Waals surface area contributed by atoms with E-state index in [4.69, 9.17) is 5.11 Å². The fourth-order valence-corrected chi connectivity index (χ4v) is 2.10. The van der Waals surface area contributed by atoms with Crippen LogP contribution >= 0.6 is 0 Å². The predicted octanol–water partition coefficient (Wildman–Crippen LogP) is 5.21. The number of carboxylic acids is 1. The van der Waals surface area contributed by atoms with Gasteiger partial charge in [-0.05, 0) is 12.5 Å². The van der Waals surface area contributed by atoms with Crippen molar-refractivity contribution in [3.8, 4) is 0 Å². The molecule has 0 aliphatic carbocycles. The molecule has 0 saturated heterocycles. The van der Waals surface area contributed by atoms with E-state index >= 15 is 0 Å². The Morgan fingerprint density at radius 1 is 0.842 bits per heavy atom. The van der Waals surface area contributed by atoms with Gasteiger partial charge in [0.2, 0.25) is 0 Å². The first-order valence-corrected chi connectivity index (χ1v) is 7.76. The second kappa shape index (κ2) is 13.4. The lowest BCUT2D eigenvalue weighted by Gasteiger charge is -2.02. The lowest BCUT2D eigenvalue weighted by Crippen LogP contribution is -1.92. The van der Waals surface area contributed by atoms with Crippen LogP contribution in [0.4, 0.5) is 0 Å². The largest absolute Gasteiger partial charge is 0.513 e. The summed E-state index contributed by atoms with van der Waals surface area (Å²) >= 11 is 0. The van der Waals surface area contributed by atoms with Crippen LogP contribution in [0, 0.1) is 0 Å². The Hall–Kier alpha value is -0.990. The fraction of sp³-hybridized carbons (Fsp3) is 0.812. The average molecular weight is 270 g/mol. The fourth-order valence-electron chi connectivity index (χ4n) is 2.10. The molecular weight excluding hydrogens is 240 g/mol.